The van der Waals surface area contributed by atoms with Gasteiger partial charge in [0.05, 0.1) is 24.0 Å². The molecule has 2 aromatic rings. The number of hydrazine groups is 1. The number of H-pyrrole nitrogens is 1. The number of nitrogens with one attached hydrogen (secondary N) is 4. The van der Waals surface area contributed by atoms with Gasteiger partial charge >= 0.3 is 0 Å². The largest absolute Gasteiger partial charge is 0.508 e. The van der Waals surface area contributed by atoms with Crippen molar-refractivity contribution in [3.63, 3.8) is 0 Å². The lowest BCUT2D eigenvalue weighted by molar-refractivity contribution is 0.135. The maximum Gasteiger partial charge on any atom is 0.125 e. The Hall–Kier alpha value is -2.22. The first-order valence-corrected chi connectivity index (χ1v) is 10.6. The molecule has 0 spiro atoms. The molecular formula is C22H28FN5O. The summed E-state index contributed by atoms with van der Waals surface area (Å²) in [6, 6.07) is 5.07. The third-order valence-corrected chi connectivity index (χ3v) is 6.78. The molecular weight excluding hydrogens is 369 g/mol. The quantitative estimate of drug-likeness (QED) is 0.548. The van der Waals surface area contributed by atoms with E-state index in [1.165, 1.54) is 5.57 Å². The number of hydrogen-bond acceptors (Lipinski definition) is 5. The average Bonchev–Trinajstić information content (AvgIpc) is 3.47. The van der Waals surface area contributed by atoms with E-state index in [1.54, 1.807) is 12.1 Å². The molecule has 5 unspecified atom stereocenters. The molecule has 6 nitrogen and oxygen atoms in total. The zero-order valence-electron chi connectivity index (χ0n) is 16.6. The van der Waals surface area contributed by atoms with E-state index in [-0.39, 0.29) is 29.7 Å². The Bertz CT molecular complexity index is 926. The fraction of sp³-hybridized carbons (Fsp3) is 0.500. The fourth-order valence-corrected chi connectivity index (χ4v) is 5.25. The maximum atomic E-state index is 15.6. The van der Waals surface area contributed by atoms with Gasteiger partial charge in [-0.2, -0.15) is 0 Å². The van der Waals surface area contributed by atoms with Gasteiger partial charge in [-0.25, -0.2) is 14.8 Å². The Morgan fingerprint density at radius 2 is 2.14 bits per heavy atom. The van der Waals surface area contributed by atoms with Crippen LogP contribution in [0.5, 0.6) is 5.75 Å². The summed E-state index contributed by atoms with van der Waals surface area (Å²) in [5, 5.41) is 13.1. The highest BCUT2D eigenvalue weighted by Crippen LogP contribution is 2.45. The summed E-state index contributed by atoms with van der Waals surface area (Å²) in [7, 11) is 0. The van der Waals surface area contributed by atoms with Gasteiger partial charge in [0.1, 0.15) is 17.7 Å². The summed E-state index contributed by atoms with van der Waals surface area (Å²) in [6.45, 7) is 3.79. The average molecular weight is 397 g/mol. The molecule has 7 heteroatoms. The number of aromatic hydroxyl groups is 1. The Morgan fingerprint density at radius 3 is 2.93 bits per heavy atom. The molecule has 5 rings (SSSR count). The second-order valence-corrected chi connectivity index (χ2v) is 8.36. The molecule has 154 valence electrons. The predicted molar refractivity (Wildman–Crippen MR) is 110 cm³/mol. The minimum Gasteiger partial charge on any atom is -0.508 e. The first kappa shape index (κ1) is 18.8. The van der Waals surface area contributed by atoms with E-state index in [0.717, 1.165) is 55.0 Å². The van der Waals surface area contributed by atoms with Crippen LogP contribution in [0, 0.1) is 5.92 Å². The third-order valence-electron chi connectivity index (χ3n) is 6.78. The third kappa shape index (κ3) is 3.27. The number of imidazole rings is 1. The smallest absolute Gasteiger partial charge is 0.125 e. The Balaban J connectivity index is 1.35. The van der Waals surface area contributed by atoms with Crippen molar-refractivity contribution in [2.75, 3.05) is 13.1 Å². The van der Waals surface area contributed by atoms with E-state index in [1.807, 2.05) is 19.2 Å². The number of aromatic nitrogens is 2. The van der Waals surface area contributed by atoms with Crippen molar-refractivity contribution in [1.82, 2.24) is 26.1 Å². The van der Waals surface area contributed by atoms with E-state index in [2.05, 4.69) is 32.2 Å². The molecule has 3 aliphatic rings. The van der Waals surface area contributed by atoms with Gasteiger partial charge in [-0.05, 0) is 48.1 Å². The molecule has 0 amide bonds. The van der Waals surface area contributed by atoms with E-state index in [4.69, 9.17) is 0 Å². The molecule has 2 fully saturated rings. The number of alkyl halides is 1. The molecule has 0 bridgehead atoms. The first-order chi connectivity index (χ1) is 14.2. The molecule has 1 aromatic heterocycles. The molecule has 29 heavy (non-hydrogen) atoms. The number of fused-ring (bicyclic) bond motifs is 1. The highest BCUT2D eigenvalue weighted by molar-refractivity contribution is 5.65. The van der Waals surface area contributed by atoms with Crippen LogP contribution in [-0.2, 0) is 6.42 Å². The number of phenolic OH excluding ortho intramolecular Hbond substituents is 1. The lowest BCUT2D eigenvalue weighted by atomic mass is 9.71. The number of phenols is 1. The zero-order chi connectivity index (χ0) is 20.0. The number of aromatic amines is 1. The molecule has 1 aromatic carbocycles. The van der Waals surface area contributed by atoms with E-state index >= 15 is 4.39 Å². The van der Waals surface area contributed by atoms with Gasteiger partial charge in [-0.1, -0.05) is 19.1 Å². The minimum absolute atomic E-state index is 0.0200. The number of halogens is 1. The van der Waals surface area contributed by atoms with Crippen LogP contribution in [0.25, 0.3) is 5.57 Å². The summed E-state index contributed by atoms with van der Waals surface area (Å²) in [5.41, 5.74) is 10.9. The Labute approximate surface area is 170 Å². The highest BCUT2D eigenvalue weighted by Gasteiger charge is 2.48. The summed E-state index contributed by atoms with van der Waals surface area (Å²) >= 11 is 0. The second-order valence-electron chi connectivity index (χ2n) is 8.36. The Kier molecular flexibility index (Phi) is 4.89. The lowest BCUT2D eigenvalue weighted by Gasteiger charge is -2.36. The molecule has 1 aliphatic carbocycles. The van der Waals surface area contributed by atoms with E-state index in [0.29, 0.717) is 0 Å². The maximum absolute atomic E-state index is 15.6. The van der Waals surface area contributed by atoms with Crippen molar-refractivity contribution in [2.45, 2.75) is 50.4 Å². The molecule has 1 saturated carbocycles. The normalized spacial score (nSPS) is 31.7. The molecule has 5 N–H and O–H groups in total. The van der Waals surface area contributed by atoms with E-state index < -0.39 is 6.17 Å². The molecule has 0 radical (unpaired) electrons. The highest BCUT2D eigenvalue weighted by atomic mass is 19.1. The van der Waals surface area contributed by atoms with Crippen LogP contribution in [0.2, 0.25) is 0 Å². The first-order valence-electron chi connectivity index (χ1n) is 10.6. The van der Waals surface area contributed by atoms with Crippen molar-refractivity contribution in [3.05, 3.63) is 53.1 Å². The molecule has 1 saturated heterocycles. The zero-order valence-corrected chi connectivity index (χ0v) is 16.6. The van der Waals surface area contributed by atoms with Gasteiger partial charge in [0.15, 0.2) is 0 Å². The summed E-state index contributed by atoms with van der Waals surface area (Å²) in [4.78, 5) is 8.04. The van der Waals surface area contributed by atoms with Crippen LogP contribution in [0.15, 0.2) is 30.5 Å². The lowest BCUT2D eigenvalue weighted by Crippen LogP contribution is -2.45. The topological polar surface area (TPSA) is 85.0 Å². The van der Waals surface area contributed by atoms with Crippen molar-refractivity contribution >= 4 is 5.57 Å². The predicted octanol–water partition coefficient (Wildman–Crippen LogP) is 2.71. The molecule has 3 heterocycles. The van der Waals surface area contributed by atoms with Crippen LogP contribution < -0.4 is 16.2 Å². The molecule has 2 aliphatic heterocycles. The second kappa shape index (κ2) is 7.55. The van der Waals surface area contributed by atoms with Crippen molar-refractivity contribution < 1.29 is 9.50 Å². The van der Waals surface area contributed by atoms with Crippen LogP contribution >= 0.6 is 0 Å². The fourth-order valence-electron chi connectivity index (χ4n) is 5.25. The SMILES string of the molecule is CCc1cc(O)ccc1C1CCC2C(c3ncc(C4=CCNC4)[nH]3)NNC2C1F. The van der Waals surface area contributed by atoms with Gasteiger partial charge in [0.2, 0.25) is 0 Å². The van der Waals surface area contributed by atoms with Crippen molar-refractivity contribution in [3.8, 4) is 5.75 Å². The van der Waals surface area contributed by atoms with Crippen LogP contribution in [0.1, 0.15) is 54.4 Å². The standard InChI is InChI=1S/C22H28FN5O/c1-2-12-9-14(29)3-4-15(12)16-5-6-17-20(19(16)23)27-28-21(17)22-25-11-18(26-22)13-7-8-24-10-13/h3-4,7,9,11,16-17,19-21,24,27-29H,2,5-6,8,10H2,1H3,(H,25,26). The summed E-state index contributed by atoms with van der Waals surface area (Å²) in [5.74, 6) is 1.12. The summed E-state index contributed by atoms with van der Waals surface area (Å²) in [6.07, 6.45) is 5.57. The van der Waals surface area contributed by atoms with Gasteiger partial charge in [0, 0.05) is 24.9 Å². The number of rotatable bonds is 4. The minimum atomic E-state index is -0.989. The van der Waals surface area contributed by atoms with Crippen LogP contribution in [-0.4, -0.2) is 40.4 Å². The van der Waals surface area contributed by atoms with E-state index in [9.17, 15) is 5.11 Å². The van der Waals surface area contributed by atoms with Gasteiger partial charge in [-0.3, -0.25) is 5.43 Å². The van der Waals surface area contributed by atoms with Gasteiger partial charge in [-0.15, -0.1) is 0 Å². The van der Waals surface area contributed by atoms with Crippen LogP contribution in [0.4, 0.5) is 4.39 Å². The van der Waals surface area contributed by atoms with Crippen molar-refractivity contribution in [1.29, 1.82) is 0 Å². The number of benzene rings is 1. The number of aryl methyl sites for hydroxylation is 1. The van der Waals surface area contributed by atoms with Crippen LogP contribution in [0.3, 0.4) is 0 Å². The number of nitrogens with zero attached hydrogens (tertiary/aromatic N) is 1. The van der Waals surface area contributed by atoms with Crippen molar-refractivity contribution in [2.24, 2.45) is 5.92 Å². The molecule has 5 atom stereocenters. The summed E-state index contributed by atoms with van der Waals surface area (Å²) < 4.78 is 15.6. The number of hydrogen-bond donors (Lipinski definition) is 5. The van der Waals surface area contributed by atoms with Gasteiger partial charge < -0.3 is 15.4 Å². The Morgan fingerprint density at radius 1 is 1.24 bits per heavy atom. The monoisotopic (exact) mass is 397 g/mol. The van der Waals surface area contributed by atoms with Gasteiger partial charge in [0.25, 0.3) is 0 Å².